The van der Waals surface area contributed by atoms with Crippen molar-refractivity contribution in [2.75, 3.05) is 0 Å². The van der Waals surface area contributed by atoms with E-state index in [0.717, 1.165) is 33.8 Å². The van der Waals surface area contributed by atoms with Gasteiger partial charge in [-0.3, -0.25) is 15.3 Å². The molecule has 3 aromatic heterocycles. The number of H-pyrrole nitrogens is 3. The monoisotopic (exact) mass is 344 g/mol. The van der Waals surface area contributed by atoms with E-state index in [4.69, 9.17) is 14.0 Å². The maximum atomic E-state index is 5.81. The minimum Gasteiger partial charge on any atom is -0.473 e. The van der Waals surface area contributed by atoms with E-state index in [1.807, 2.05) is 41.5 Å². The van der Waals surface area contributed by atoms with Crippen LogP contribution in [0.15, 0.2) is 0 Å². The molecule has 0 aliphatic rings. The second-order valence-electron chi connectivity index (χ2n) is 5.98. The van der Waals surface area contributed by atoms with Gasteiger partial charge in [0.1, 0.15) is 0 Å². The van der Waals surface area contributed by atoms with Gasteiger partial charge in [0.15, 0.2) is 0 Å². The maximum Gasteiger partial charge on any atom is 0.867 e. The molecule has 0 bridgehead atoms. The van der Waals surface area contributed by atoms with Gasteiger partial charge in [-0.2, -0.15) is 0 Å². The average molecular weight is 344 g/mol. The maximum absolute atomic E-state index is 5.81. The number of aryl methyl sites for hydroxylation is 3. The van der Waals surface area contributed by atoms with Crippen molar-refractivity contribution in [2.24, 2.45) is 0 Å². The molecule has 9 nitrogen and oxygen atoms in total. The molecule has 0 spiro atoms. The molecule has 3 N–H and O–H groups in total. The highest BCUT2D eigenvalue weighted by Gasteiger charge is 2.35. The summed E-state index contributed by atoms with van der Waals surface area (Å²) >= 11 is 0. The first-order chi connectivity index (χ1) is 11.9. The first kappa shape index (κ1) is 16.9. The zero-order valence-electron chi connectivity index (χ0n) is 15.1. The summed E-state index contributed by atoms with van der Waals surface area (Å²) in [5.41, 5.74) is 5.36. The van der Waals surface area contributed by atoms with Gasteiger partial charge in [-0.15, -0.1) is 15.3 Å². The summed E-state index contributed by atoms with van der Waals surface area (Å²) in [6.07, 6.45) is 0. The molecule has 132 valence electrons. The first-order valence-corrected chi connectivity index (χ1v) is 7.91. The van der Waals surface area contributed by atoms with Gasteiger partial charge in [0.2, 0.25) is 17.6 Å². The van der Waals surface area contributed by atoms with Crippen molar-refractivity contribution >= 4 is 7.32 Å². The van der Waals surface area contributed by atoms with Crippen LogP contribution in [-0.4, -0.2) is 37.9 Å². The highest BCUT2D eigenvalue weighted by atomic mass is 16.7. The van der Waals surface area contributed by atoms with Gasteiger partial charge in [-0.1, -0.05) is 0 Å². The molecule has 0 aliphatic carbocycles. The Kier molecular flexibility index (Phi) is 4.43. The highest BCUT2D eigenvalue weighted by Crippen LogP contribution is 2.23. The Balaban J connectivity index is 1.86. The van der Waals surface area contributed by atoms with Crippen LogP contribution < -0.4 is 14.0 Å². The van der Waals surface area contributed by atoms with E-state index < -0.39 is 7.32 Å². The van der Waals surface area contributed by atoms with E-state index in [1.165, 1.54) is 0 Å². The molecule has 0 saturated carbocycles. The number of nitrogens with zero attached hydrogens (tertiary/aromatic N) is 3. The lowest BCUT2D eigenvalue weighted by Gasteiger charge is -2.13. The molecule has 25 heavy (non-hydrogen) atoms. The number of aromatic nitrogens is 6. The van der Waals surface area contributed by atoms with E-state index >= 15 is 0 Å². The quantitative estimate of drug-likeness (QED) is 0.591. The fourth-order valence-corrected chi connectivity index (χ4v) is 2.08. The lowest BCUT2D eigenvalue weighted by atomic mass is 10.2. The summed E-state index contributed by atoms with van der Waals surface area (Å²) in [6.45, 7) is 11.4. The second kappa shape index (κ2) is 6.54. The van der Waals surface area contributed by atoms with Gasteiger partial charge in [-0.25, -0.2) is 0 Å². The van der Waals surface area contributed by atoms with Crippen molar-refractivity contribution in [3.63, 3.8) is 0 Å². The number of hydrogen-bond donors (Lipinski definition) is 3. The summed E-state index contributed by atoms with van der Waals surface area (Å²) in [4.78, 5) is 0. The number of nitrogens with one attached hydrogen (secondary N) is 3. The van der Waals surface area contributed by atoms with Gasteiger partial charge in [0.25, 0.3) is 0 Å². The topological polar surface area (TPSA) is 114 Å². The standard InChI is InChI=1S/C15H21BN6O3/c1-7-10(4)17-20-13(7)23-16(24-14-8(2)11(5)18-21-14)25-15-9(3)12(6)19-22-15/h1-6H3,(H,17,20)(H,18,21)(H,19,22). The molecule has 0 amide bonds. The Labute approximate surface area is 145 Å². The number of rotatable bonds is 6. The molecule has 0 unspecified atom stereocenters. The molecular formula is C15H21BN6O3. The molecule has 3 rings (SSSR count). The molecule has 0 aromatic carbocycles. The predicted molar refractivity (Wildman–Crippen MR) is 91.8 cm³/mol. The van der Waals surface area contributed by atoms with E-state index in [2.05, 4.69) is 30.6 Å². The molecule has 3 aromatic rings. The summed E-state index contributed by atoms with van der Waals surface area (Å²) in [5, 5.41) is 21.0. The third-order valence-electron chi connectivity index (χ3n) is 4.25. The molecule has 0 atom stereocenters. The normalized spacial score (nSPS) is 10.8. The molecule has 0 aliphatic heterocycles. The fraction of sp³-hybridized carbons (Fsp3) is 0.400. The minimum atomic E-state index is -1.09. The van der Waals surface area contributed by atoms with E-state index in [1.54, 1.807) is 0 Å². The van der Waals surface area contributed by atoms with Gasteiger partial charge >= 0.3 is 7.32 Å². The summed E-state index contributed by atoms with van der Waals surface area (Å²) in [5.74, 6) is 1.20. The summed E-state index contributed by atoms with van der Waals surface area (Å²) in [6, 6.07) is 0. The first-order valence-electron chi connectivity index (χ1n) is 7.91. The van der Waals surface area contributed by atoms with Gasteiger partial charge in [0.05, 0.1) is 0 Å². The lowest BCUT2D eigenvalue weighted by Crippen LogP contribution is -2.38. The van der Waals surface area contributed by atoms with Gasteiger partial charge < -0.3 is 14.0 Å². The van der Waals surface area contributed by atoms with Gasteiger partial charge in [0, 0.05) is 33.8 Å². The average Bonchev–Trinajstić information content (AvgIpc) is 3.18. The number of hydrogen-bond acceptors (Lipinski definition) is 6. The Morgan fingerprint density at radius 1 is 0.560 bits per heavy atom. The molecule has 0 radical (unpaired) electrons. The smallest absolute Gasteiger partial charge is 0.473 e. The van der Waals surface area contributed by atoms with Crippen molar-refractivity contribution < 1.29 is 14.0 Å². The Morgan fingerprint density at radius 2 is 0.840 bits per heavy atom. The van der Waals surface area contributed by atoms with Crippen LogP contribution >= 0.6 is 0 Å². The van der Waals surface area contributed by atoms with Crippen LogP contribution in [0.1, 0.15) is 33.8 Å². The SMILES string of the molecule is Cc1[nH]nc(OB(Oc2n[nH]c(C)c2C)Oc2n[nH]c(C)c2C)c1C. The number of aromatic amines is 3. The second-order valence-corrected chi connectivity index (χ2v) is 5.98. The van der Waals surface area contributed by atoms with Crippen LogP contribution in [0.3, 0.4) is 0 Å². The van der Waals surface area contributed by atoms with Crippen molar-refractivity contribution in [1.82, 2.24) is 30.6 Å². The Morgan fingerprint density at radius 3 is 1.04 bits per heavy atom. The lowest BCUT2D eigenvalue weighted by molar-refractivity contribution is 0.289. The minimum absolute atomic E-state index is 0.400. The van der Waals surface area contributed by atoms with Crippen LogP contribution in [0, 0.1) is 41.5 Å². The predicted octanol–water partition coefficient (Wildman–Crippen LogP) is 2.23. The van der Waals surface area contributed by atoms with Crippen molar-refractivity contribution in [2.45, 2.75) is 41.5 Å². The van der Waals surface area contributed by atoms with Crippen LogP contribution in [0.2, 0.25) is 0 Å². The highest BCUT2D eigenvalue weighted by molar-refractivity contribution is 6.39. The van der Waals surface area contributed by atoms with Crippen LogP contribution in [0.4, 0.5) is 0 Å². The summed E-state index contributed by atoms with van der Waals surface area (Å²) < 4.78 is 17.4. The molecule has 3 heterocycles. The molecule has 0 saturated heterocycles. The van der Waals surface area contributed by atoms with Gasteiger partial charge in [-0.05, 0) is 41.5 Å². The zero-order valence-corrected chi connectivity index (χ0v) is 15.1. The van der Waals surface area contributed by atoms with Crippen molar-refractivity contribution in [3.8, 4) is 17.6 Å². The van der Waals surface area contributed by atoms with Crippen molar-refractivity contribution in [1.29, 1.82) is 0 Å². The molecular weight excluding hydrogens is 323 g/mol. The largest absolute Gasteiger partial charge is 0.867 e. The molecule has 0 fully saturated rings. The van der Waals surface area contributed by atoms with E-state index in [9.17, 15) is 0 Å². The van der Waals surface area contributed by atoms with E-state index in [-0.39, 0.29) is 0 Å². The third kappa shape index (κ3) is 3.33. The van der Waals surface area contributed by atoms with Crippen LogP contribution in [0.5, 0.6) is 17.6 Å². The van der Waals surface area contributed by atoms with Crippen LogP contribution in [-0.2, 0) is 0 Å². The fourth-order valence-electron chi connectivity index (χ4n) is 2.08. The Hall–Kier alpha value is -2.91. The third-order valence-corrected chi connectivity index (χ3v) is 4.25. The van der Waals surface area contributed by atoms with E-state index in [0.29, 0.717) is 17.6 Å². The van der Waals surface area contributed by atoms with Crippen LogP contribution in [0.25, 0.3) is 0 Å². The Bertz CT molecular complexity index is 769. The molecule has 10 heteroatoms. The van der Waals surface area contributed by atoms with Crippen molar-refractivity contribution in [3.05, 3.63) is 33.8 Å². The summed E-state index contributed by atoms with van der Waals surface area (Å²) in [7, 11) is -1.09. The zero-order chi connectivity index (χ0) is 18.1.